The molecule has 0 saturated carbocycles. The first-order valence-corrected chi connectivity index (χ1v) is 9.30. The highest BCUT2D eigenvalue weighted by atomic mass is 16.5. The number of ether oxygens (including phenoxy) is 2. The highest BCUT2D eigenvalue weighted by molar-refractivity contribution is 5.87. The maximum atomic E-state index is 12.5. The van der Waals surface area contributed by atoms with Gasteiger partial charge in [-0.2, -0.15) is 0 Å². The van der Waals surface area contributed by atoms with Crippen LogP contribution >= 0.6 is 0 Å². The molecule has 0 aliphatic rings. The van der Waals surface area contributed by atoms with Crippen LogP contribution in [-0.4, -0.2) is 30.6 Å². The molecule has 2 unspecified atom stereocenters. The van der Waals surface area contributed by atoms with Crippen LogP contribution in [0.4, 0.5) is 0 Å². The van der Waals surface area contributed by atoms with E-state index in [2.05, 4.69) is 12.2 Å². The van der Waals surface area contributed by atoms with Gasteiger partial charge in [-0.05, 0) is 43.5 Å². The molecule has 1 amide bonds. The minimum Gasteiger partial charge on any atom is -0.481 e. The first kappa shape index (κ1) is 20.5. The molecule has 2 aromatic carbocycles. The predicted octanol–water partition coefficient (Wildman–Crippen LogP) is 3.31. The molecule has 0 radical (unpaired) electrons. The van der Waals surface area contributed by atoms with Gasteiger partial charge in [-0.1, -0.05) is 49.4 Å². The summed E-state index contributed by atoms with van der Waals surface area (Å²) in [6, 6.07) is 16.4. The van der Waals surface area contributed by atoms with Crippen molar-refractivity contribution in [1.29, 1.82) is 0 Å². The second-order valence-corrected chi connectivity index (χ2v) is 6.26. The number of aryl methyl sites for hydroxylation is 1. The van der Waals surface area contributed by atoms with Crippen molar-refractivity contribution < 1.29 is 19.1 Å². The lowest BCUT2D eigenvalue weighted by Crippen LogP contribution is -2.48. The quantitative estimate of drug-likeness (QED) is 0.689. The van der Waals surface area contributed by atoms with E-state index in [0.717, 1.165) is 12.0 Å². The molecule has 0 bridgehead atoms. The molecule has 0 aliphatic heterocycles. The number of esters is 1. The molecule has 1 N–H and O–H groups in total. The van der Waals surface area contributed by atoms with Crippen molar-refractivity contribution in [3.8, 4) is 5.75 Å². The fraction of sp³-hybridized carbons (Fsp3) is 0.364. The van der Waals surface area contributed by atoms with E-state index in [9.17, 15) is 9.59 Å². The third-order valence-corrected chi connectivity index (χ3v) is 4.18. The van der Waals surface area contributed by atoms with Gasteiger partial charge in [-0.25, -0.2) is 4.79 Å². The lowest BCUT2D eigenvalue weighted by atomic mass is 10.1. The number of hydrogen-bond donors (Lipinski definition) is 1. The molecule has 5 heteroatoms. The van der Waals surface area contributed by atoms with Crippen molar-refractivity contribution in [2.75, 3.05) is 6.61 Å². The molecule has 0 aliphatic carbocycles. The van der Waals surface area contributed by atoms with Crippen LogP contribution in [0.1, 0.15) is 31.9 Å². The highest BCUT2D eigenvalue weighted by Gasteiger charge is 2.25. The van der Waals surface area contributed by atoms with Gasteiger partial charge in [0, 0.05) is 6.42 Å². The fourth-order valence-corrected chi connectivity index (χ4v) is 2.64. The Balaban J connectivity index is 2.01. The molecule has 0 spiro atoms. The molecule has 5 nitrogen and oxygen atoms in total. The molecular formula is C22H27NO4. The summed E-state index contributed by atoms with van der Waals surface area (Å²) in [6.07, 6.45) is 0.575. The number of nitrogens with one attached hydrogen (secondary N) is 1. The third kappa shape index (κ3) is 6.44. The van der Waals surface area contributed by atoms with Crippen LogP contribution < -0.4 is 10.1 Å². The Bertz CT molecular complexity index is 728. The summed E-state index contributed by atoms with van der Waals surface area (Å²) in [5, 5.41) is 2.75. The average molecular weight is 369 g/mol. The van der Waals surface area contributed by atoms with Crippen LogP contribution in [0, 0.1) is 0 Å². The summed E-state index contributed by atoms with van der Waals surface area (Å²) >= 11 is 0. The summed E-state index contributed by atoms with van der Waals surface area (Å²) in [4.78, 5) is 24.8. The van der Waals surface area contributed by atoms with Gasteiger partial charge in [0.15, 0.2) is 6.10 Å². The highest BCUT2D eigenvalue weighted by Crippen LogP contribution is 2.14. The van der Waals surface area contributed by atoms with E-state index < -0.39 is 18.1 Å². The summed E-state index contributed by atoms with van der Waals surface area (Å²) in [7, 11) is 0. The number of amides is 1. The van der Waals surface area contributed by atoms with E-state index in [1.165, 1.54) is 5.56 Å². The summed E-state index contributed by atoms with van der Waals surface area (Å²) in [6.45, 7) is 5.74. The third-order valence-electron chi connectivity index (χ3n) is 4.18. The second-order valence-electron chi connectivity index (χ2n) is 6.26. The molecule has 0 fully saturated rings. The lowest BCUT2D eigenvalue weighted by molar-refractivity contribution is -0.148. The zero-order valence-corrected chi connectivity index (χ0v) is 16.1. The molecule has 2 rings (SSSR count). The minimum atomic E-state index is -0.756. The number of hydrogen-bond acceptors (Lipinski definition) is 4. The van der Waals surface area contributed by atoms with Gasteiger partial charge < -0.3 is 14.8 Å². The topological polar surface area (TPSA) is 64.6 Å². The molecule has 27 heavy (non-hydrogen) atoms. The van der Waals surface area contributed by atoms with Gasteiger partial charge in [-0.3, -0.25) is 4.79 Å². The summed E-state index contributed by atoms with van der Waals surface area (Å²) < 4.78 is 10.8. The van der Waals surface area contributed by atoms with E-state index in [0.29, 0.717) is 12.2 Å². The van der Waals surface area contributed by atoms with E-state index in [1.807, 2.05) is 54.6 Å². The SMILES string of the molecule is CCOC(=O)C(Cc1ccccc1)NC(=O)C(C)Oc1ccc(CC)cc1. The summed E-state index contributed by atoms with van der Waals surface area (Å²) in [5.41, 5.74) is 2.14. The van der Waals surface area contributed by atoms with E-state index in [1.54, 1.807) is 13.8 Å². The van der Waals surface area contributed by atoms with Crippen LogP contribution in [0.25, 0.3) is 0 Å². The fourth-order valence-electron chi connectivity index (χ4n) is 2.64. The zero-order valence-electron chi connectivity index (χ0n) is 16.1. The Hall–Kier alpha value is -2.82. The van der Waals surface area contributed by atoms with Crippen molar-refractivity contribution in [2.24, 2.45) is 0 Å². The molecule has 0 saturated heterocycles. The van der Waals surface area contributed by atoms with Crippen molar-refractivity contribution in [3.05, 3.63) is 65.7 Å². The molecular weight excluding hydrogens is 342 g/mol. The van der Waals surface area contributed by atoms with Crippen LogP contribution in [0.3, 0.4) is 0 Å². The molecule has 0 aromatic heterocycles. The van der Waals surface area contributed by atoms with E-state index >= 15 is 0 Å². The molecule has 2 aromatic rings. The Kier molecular flexibility index (Phi) is 7.86. The molecule has 144 valence electrons. The minimum absolute atomic E-state index is 0.260. The smallest absolute Gasteiger partial charge is 0.328 e. The number of carbonyl (C=O) groups is 2. The van der Waals surface area contributed by atoms with Crippen molar-refractivity contribution in [3.63, 3.8) is 0 Å². The first-order valence-electron chi connectivity index (χ1n) is 9.30. The molecule has 0 heterocycles. The molecule has 2 atom stereocenters. The maximum Gasteiger partial charge on any atom is 0.328 e. The van der Waals surface area contributed by atoms with Crippen LogP contribution in [0.2, 0.25) is 0 Å². The second kappa shape index (κ2) is 10.4. The largest absolute Gasteiger partial charge is 0.481 e. The maximum absolute atomic E-state index is 12.5. The van der Waals surface area contributed by atoms with Gasteiger partial charge in [0.05, 0.1) is 6.61 Å². The Morgan fingerprint density at radius 1 is 0.963 bits per heavy atom. The number of carbonyl (C=O) groups excluding carboxylic acids is 2. The Morgan fingerprint density at radius 2 is 1.63 bits per heavy atom. The Morgan fingerprint density at radius 3 is 2.22 bits per heavy atom. The Labute approximate surface area is 160 Å². The average Bonchev–Trinajstić information content (AvgIpc) is 2.69. The monoisotopic (exact) mass is 369 g/mol. The normalized spacial score (nSPS) is 12.7. The van der Waals surface area contributed by atoms with Gasteiger partial charge in [0.25, 0.3) is 5.91 Å². The van der Waals surface area contributed by atoms with Crippen LogP contribution in [0.5, 0.6) is 5.75 Å². The van der Waals surface area contributed by atoms with Gasteiger partial charge >= 0.3 is 5.97 Å². The number of rotatable bonds is 9. The van der Waals surface area contributed by atoms with Gasteiger partial charge in [0.2, 0.25) is 0 Å². The van der Waals surface area contributed by atoms with Crippen molar-refractivity contribution in [1.82, 2.24) is 5.32 Å². The van der Waals surface area contributed by atoms with Crippen molar-refractivity contribution in [2.45, 2.75) is 45.8 Å². The first-order chi connectivity index (χ1) is 13.0. The van der Waals surface area contributed by atoms with E-state index in [4.69, 9.17) is 9.47 Å². The van der Waals surface area contributed by atoms with Crippen molar-refractivity contribution >= 4 is 11.9 Å². The predicted molar refractivity (Wildman–Crippen MR) is 105 cm³/mol. The van der Waals surface area contributed by atoms with E-state index in [-0.39, 0.29) is 12.5 Å². The van der Waals surface area contributed by atoms with Gasteiger partial charge in [0.1, 0.15) is 11.8 Å². The lowest BCUT2D eigenvalue weighted by Gasteiger charge is -2.20. The standard InChI is InChI=1S/C22H27NO4/c1-4-17-11-13-19(14-12-17)27-16(3)21(24)23-20(22(25)26-5-2)15-18-9-7-6-8-10-18/h6-14,16,20H,4-5,15H2,1-3H3,(H,23,24). The number of benzene rings is 2. The summed E-state index contributed by atoms with van der Waals surface area (Å²) in [5.74, 6) is -0.191. The zero-order chi connectivity index (χ0) is 19.6. The van der Waals surface area contributed by atoms with Crippen LogP contribution in [-0.2, 0) is 27.2 Å². The van der Waals surface area contributed by atoms with Gasteiger partial charge in [-0.15, -0.1) is 0 Å². The van der Waals surface area contributed by atoms with Crippen LogP contribution in [0.15, 0.2) is 54.6 Å².